The fraction of sp³-hybridized carbons (Fsp3) is 0.500. The van der Waals surface area contributed by atoms with E-state index in [4.69, 9.17) is 19.9 Å². The van der Waals surface area contributed by atoms with Crippen molar-refractivity contribution in [2.24, 2.45) is 5.73 Å². The smallest absolute Gasteiger partial charge is 0.243 e. The standard InChI is InChI=1S/C14H22N2O5/c1-19-12-4-2-3-5-13(12)21-9-11(17)8-16-6-7-20-10-14(15)18/h2-5,11,16-17H,6-10H2,1H3,(H2,15,18). The summed E-state index contributed by atoms with van der Waals surface area (Å²) in [5.74, 6) is 0.710. The maximum absolute atomic E-state index is 10.4. The molecule has 1 atom stereocenters. The third-order valence-electron chi connectivity index (χ3n) is 2.55. The highest BCUT2D eigenvalue weighted by molar-refractivity contribution is 5.74. The predicted octanol–water partition coefficient (Wildman–Crippen LogP) is -0.474. The number of hydrogen-bond acceptors (Lipinski definition) is 6. The molecule has 7 heteroatoms. The van der Waals surface area contributed by atoms with E-state index < -0.39 is 12.0 Å². The number of primary amides is 1. The van der Waals surface area contributed by atoms with Gasteiger partial charge in [-0.25, -0.2) is 0 Å². The highest BCUT2D eigenvalue weighted by atomic mass is 16.5. The van der Waals surface area contributed by atoms with Crippen molar-refractivity contribution in [1.82, 2.24) is 5.32 Å². The van der Waals surface area contributed by atoms with E-state index in [-0.39, 0.29) is 13.2 Å². The quantitative estimate of drug-likeness (QED) is 0.477. The van der Waals surface area contributed by atoms with Crippen molar-refractivity contribution in [3.63, 3.8) is 0 Å². The number of carbonyl (C=O) groups excluding carboxylic acids is 1. The topological polar surface area (TPSA) is 103 Å². The zero-order valence-electron chi connectivity index (χ0n) is 12.1. The number of methoxy groups -OCH3 is 1. The van der Waals surface area contributed by atoms with Gasteiger partial charge in [-0.1, -0.05) is 12.1 Å². The van der Waals surface area contributed by atoms with Gasteiger partial charge in [-0.2, -0.15) is 0 Å². The minimum absolute atomic E-state index is 0.0961. The molecule has 7 nitrogen and oxygen atoms in total. The van der Waals surface area contributed by atoms with Crippen LogP contribution in [0, 0.1) is 0 Å². The third-order valence-corrected chi connectivity index (χ3v) is 2.55. The molecule has 0 bridgehead atoms. The maximum atomic E-state index is 10.4. The molecule has 118 valence electrons. The second-order valence-corrected chi connectivity index (χ2v) is 4.34. The lowest BCUT2D eigenvalue weighted by Crippen LogP contribution is -2.33. The Morgan fingerprint density at radius 3 is 2.76 bits per heavy atom. The molecule has 4 N–H and O–H groups in total. The summed E-state index contributed by atoms with van der Waals surface area (Å²) >= 11 is 0. The Balaban J connectivity index is 2.13. The van der Waals surface area contributed by atoms with Crippen LogP contribution < -0.4 is 20.5 Å². The Morgan fingerprint density at radius 2 is 2.10 bits per heavy atom. The predicted molar refractivity (Wildman–Crippen MR) is 77.4 cm³/mol. The van der Waals surface area contributed by atoms with Crippen LogP contribution in [0.5, 0.6) is 11.5 Å². The van der Waals surface area contributed by atoms with Crippen LogP contribution in [0.4, 0.5) is 0 Å². The molecule has 0 saturated heterocycles. The lowest BCUT2D eigenvalue weighted by molar-refractivity contribution is -0.122. The van der Waals surface area contributed by atoms with Gasteiger partial charge in [-0.05, 0) is 12.1 Å². The first kappa shape index (κ1) is 17.2. The number of ether oxygens (including phenoxy) is 3. The number of nitrogens with two attached hydrogens (primary N) is 1. The summed E-state index contributed by atoms with van der Waals surface area (Å²) < 4.78 is 15.6. The van der Waals surface area contributed by atoms with Gasteiger partial charge >= 0.3 is 0 Å². The Morgan fingerprint density at radius 1 is 1.38 bits per heavy atom. The van der Waals surface area contributed by atoms with Crippen LogP contribution in [-0.4, -0.2) is 57.1 Å². The van der Waals surface area contributed by atoms with Crippen LogP contribution in [-0.2, 0) is 9.53 Å². The van der Waals surface area contributed by atoms with Gasteiger partial charge < -0.3 is 30.4 Å². The zero-order chi connectivity index (χ0) is 15.5. The van der Waals surface area contributed by atoms with Gasteiger partial charge in [0.1, 0.15) is 19.3 Å². The van der Waals surface area contributed by atoms with E-state index in [1.165, 1.54) is 0 Å². The van der Waals surface area contributed by atoms with Crippen LogP contribution in [0.1, 0.15) is 0 Å². The molecule has 21 heavy (non-hydrogen) atoms. The van der Waals surface area contributed by atoms with Crippen molar-refractivity contribution >= 4 is 5.91 Å². The molecule has 0 aliphatic rings. The maximum Gasteiger partial charge on any atom is 0.243 e. The zero-order valence-corrected chi connectivity index (χ0v) is 12.1. The summed E-state index contributed by atoms with van der Waals surface area (Å²) in [6, 6.07) is 7.24. The Hall–Kier alpha value is -1.83. The minimum atomic E-state index is -0.661. The Labute approximate surface area is 124 Å². The minimum Gasteiger partial charge on any atom is -0.493 e. The van der Waals surface area contributed by atoms with Crippen molar-refractivity contribution in [1.29, 1.82) is 0 Å². The Bertz CT molecular complexity index is 428. The van der Waals surface area contributed by atoms with Crippen molar-refractivity contribution in [3.8, 4) is 11.5 Å². The monoisotopic (exact) mass is 298 g/mol. The molecule has 0 fully saturated rings. The van der Waals surface area contributed by atoms with Crippen molar-refractivity contribution in [2.45, 2.75) is 6.10 Å². The Kier molecular flexibility index (Phi) is 8.18. The molecule has 1 aromatic carbocycles. The molecule has 1 rings (SSSR count). The summed E-state index contributed by atoms with van der Waals surface area (Å²) in [4.78, 5) is 10.4. The van der Waals surface area contributed by atoms with E-state index in [1.54, 1.807) is 19.2 Å². The fourth-order valence-electron chi connectivity index (χ4n) is 1.57. The van der Waals surface area contributed by atoms with Crippen LogP contribution >= 0.6 is 0 Å². The molecule has 0 spiro atoms. The number of nitrogens with one attached hydrogen (secondary N) is 1. The molecule has 1 aromatic rings. The SMILES string of the molecule is COc1ccccc1OCC(O)CNCCOCC(N)=O. The van der Waals surface area contributed by atoms with Crippen molar-refractivity contribution in [3.05, 3.63) is 24.3 Å². The molecule has 0 saturated carbocycles. The van der Waals surface area contributed by atoms with Crippen LogP contribution in [0.2, 0.25) is 0 Å². The van der Waals surface area contributed by atoms with Gasteiger partial charge in [0.25, 0.3) is 0 Å². The molecular weight excluding hydrogens is 276 g/mol. The fourth-order valence-corrected chi connectivity index (χ4v) is 1.57. The van der Waals surface area contributed by atoms with Crippen molar-refractivity contribution < 1.29 is 24.1 Å². The molecule has 0 aliphatic carbocycles. The summed E-state index contributed by atoms with van der Waals surface area (Å²) in [6.07, 6.45) is -0.661. The third kappa shape index (κ3) is 7.50. The number of carbonyl (C=O) groups is 1. The average molecular weight is 298 g/mol. The molecular formula is C14H22N2O5. The van der Waals surface area contributed by atoms with Crippen molar-refractivity contribution in [2.75, 3.05) is 40.0 Å². The number of benzene rings is 1. The van der Waals surface area contributed by atoms with Gasteiger partial charge in [-0.3, -0.25) is 4.79 Å². The average Bonchev–Trinajstić information content (AvgIpc) is 2.48. The van der Waals surface area contributed by atoms with E-state index in [2.05, 4.69) is 5.32 Å². The van der Waals surface area contributed by atoms with Crippen LogP contribution in [0.15, 0.2) is 24.3 Å². The van der Waals surface area contributed by atoms with Gasteiger partial charge in [-0.15, -0.1) is 0 Å². The van der Waals surface area contributed by atoms with E-state index in [0.717, 1.165) is 0 Å². The van der Waals surface area contributed by atoms with E-state index >= 15 is 0 Å². The van der Waals surface area contributed by atoms with Crippen LogP contribution in [0.3, 0.4) is 0 Å². The summed E-state index contributed by atoms with van der Waals surface area (Å²) in [5.41, 5.74) is 4.92. The first-order chi connectivity index (χ1) is 10.1. The largest absolute Gasteiger partial charge is 0.493 e. The number of hydrogen-bond donors (Lipinski definition) is 3. The number of amides is 1. The van der Waals surface area contributed by atoms with Gasteiger partial charge in [0.15, 0.2) is 11.5 Å². The number of aliphatic hydroxyl groups excluding tert-OH is 1. The summed E-state index contributed by atoms with van der Waals surface area (Å²) in [7, 11) is 1.56. The van der Waals surface area contributed by atoms with Gasteiger partial charge in [0.2, 0.25) is 5.91 Å². The molecule has 0 aliphatic heterocycles. The summed E-state index contributed by atoms with van der Waals surface area (Å²) in [5, 5.41) is 12.8. The van der Waals surface area contributed by atoms with Gasteiger partial charge in [0, 0.05) is 13.1 Å². The van der Waals surface area contributed by atoms with E-state index in [1.807, 2.05) is 12.1 Å². The second-order valence-electron chi connectivity index (χ2n) is 4.34. The van der Waals surface area contributed by atoms with Gasteiger partial charge in [0.05, 0.1) is 13.7 Å². The molecule has 1 amide bonds. The second kappa shape index (κ2) is 9.98. The number of para-hydroxylation sites is 2. The first-order valence-electron chi connectivity index (χ1n) is 6.64. The molecule has 0 heterocycles. The lowest BCUT2D eigenvalue weighted by Gasteiger charge is -2.15. The highest BCUT2D eigenvalue weighted by Crippen LogP contribution is 2.25. The molecule has 0 aromatic heterocycles. The normalized spacial score (nSPS) is 11.9. The lowest BCUT2D eigenvalue weighted by atomic mass is 10.3. The summed E-state index contributed by atoms with van der Waals surface area (Å²) in [6.45, 7) is 1.27. The number of aliphatic hydroxyl groups is 1. The van der Waals surface area contributed by atoms with E-state index in [9.17, 15) is 9.90 Å². The highest BCUT2D eigenvalue weighted by Gasteiger charge is 2.07. The molecule has 1 unspecified atom stereocenters. The first-order valence-corrected chi connectivity index (χ1v) is 6.64. The number of rotatable bonds is 11. The van der Waals surface area contributed by atoms with E-state index in [0.29, 0.717) is 31.2 Å². The molecule has 0 radical (unpaired) electrons. The van der Waals surface area contributed by atoms with Crippen LogP contribution in [0.25, 0.3) is 0 Å².